The number of imidazole rings is 1. The van der Waals surface area contributed by atoms with Gasteiger partial charge in [0.2, 0.25) is 0 Å². The number of piperidine rings is 1. The average molecular weight is 312 g/mol. The lowest BCUT2D eigenvalue weighted by Crippen LogP contribution is -2.43. The standard InChI is InChI=1S/C19H28N4/c1-16(2)14-22-10-7-18(8-11-22)21-13-17-5-3-4-6-19(17)23-12-9-20-15-23/h3-6,9,12,15-16,18,21H,7-8,10-11,13-14H2,1-2H3. The highest BCUT2D eigenvalue weighted by molar-refractivity contribution is 5.40. The number of hydrogen-bond donors (Lipinski definition) is 1. The van der Waals surface area contributed by atoms with Gasteiger partial charge < -0.3 is 14.8 Å². The van der Waals surface area contributed by atoms with Gasteiger partial charge in [-0.05, 0) is 43.5 Å². The second-order valence-electron chi connectivity index (χ2n) is 6.95. The molecule has 0 unspecified atom stereocenters. The molecular weight excluding hydrogens is 284 g/mol. The molecule has 0 aliphatic carbocycles. The van der Waals surface area contributed by atoms with Crippen LogP contribution in [0.25, 0.3) is 5.69 Å². The van der Waals surface area contributed by atoms with Gasteiger partial charge in [0.05, 0.1) is 12.0 Å². The molecule has 0 bridgehead atoms. The molecule has 1 aliphatic rings. The Labute approximate surface area is 139 Å². The molecule has 2 heterocycles. The smallest absolute Gasteiger partial charge is 0.0991 e. The molecule has 0 atom stereocenters. The lowest BCUT2D eigenvalue weighted by atomic mass is 10.0. The Bertz CT molecular complexity index is 583. The van der Waals surface area contributed by atoms with Crippen LogP contribution in [0.1, 0.15) is 32.3 Å². The van der Waals surface area contributed by atoms with E-state index in [9.17, 15) is 0 Å². The largest absolute Gasteiger partial charge is 0.310 e. The van der Waals surface area contributed by atoms with Gasteiger partial charge in [-0.1, -0.05) is 32.0 Å². The molecule has 1 aliphatic heterocycles. The second-order valence-corrected chi connectivity index (χ2v) is 6.95. The van der Waals surface area contributed by atoms with Crippen molar-refractivity contribution in [2.75, 3.05) is 19.6 Å². The number of aromatic nitrogens is 2. The van der Waals surface area contributed by atoms with Crippen molar-refractivity contribution in [2.24, 2.45) is 5.92 Å². The van der Waals surface area contributed by atoms with Crippen LogP contribution >= 0.6 is 0 Å². The Morgan fingerprint density at radius 2 is 2.00 bits per heavy atom. The normalized spacial score (nSPS) is 17.0. The first kappa shape index (κ1) is 16.2. The fraction of sp³-hybridized carbons (Fsp3) is 0.526. The summed E-state index contributed by atoms with van der Waals surface area (Å²) in [6.07, 6.45) is 8.20. The van der Waals surface area contributed by atoms with E-state index in [1.807, 2.05) is 18.7 Å². The van der Waals surface area contributed by atoms with Gasteiger partial charge in [0.1, 0.15) is 0 Å². The number of nitrogens with zero attached hydrogens (tertiary/aromatic N) is 3. The summed E-state index contributed by atoms with van der Waals surface area (Å²) in [6.45, 7) is 9.20. The summed E-state index contributed by atoms with van der Waals surface area (Å²) in [6, 6.07) is 9.20. The Hall–Kier alpha value is -1.65. The van der Waals surface area contributed by atoms with Crippen molar-refractivity contribution >= 4 is 0 Å². The monoisotopic (exact) mass is 312 g/mol. The highest BCUT2D eigenvalue weighted by Crippen LogP contribution is 2.16. The molecule has 4 heteroatoms. The first-order chi connectivity index (χ1) is 11.2. The van der Waals surface area contributed by atoms with Crippen molar-refractivity contribution in [1.82, 2.24) is 19.8 Å². The Morgan fingerprint density at radius 3 is 2.70 bits per heavy atom. The zero-order valence-corrected chi connectivity index (χ0v) is 14.3. The van der Waals surface area contributed by atoms with Crippen molar-refractivity contribution in [2.45, 2.75) is 39.3 Å². The van der Waals surface area contributed by atoms with Crippen molar-refractivity contribution in [3.8, 4) is 5.69 Å². The predicted octanol–water partition coefficient (Wildman–Crippen LogP) is 3.08. The second kappa shape index (κ2) is 7.75. The van der Waals surface area contributed by atoms with E-state index in [0.29, 0.717) is 6.04 Å². The molecule has 1 N–H and O–H groups in total. The molecule has 0 saturated carbocycles. The molecule has 1 saturated heterocycles. The lowest BCUT2D eigenvalue weighted by Gasteiger charge is -2.33. The minimum atomic E-state index is 0.634. The molecular formula is C19H28N4. The number of para-hydroxylation sites is 1. The van der Waals surface area contributed by atoms with E-state index in [-0.39, 0.29) is 0 Å². The number of hydrogen-bond acceptors (Lipinski definition) is 3. The third-order valence-corrected chi connectivity index (χ3v) is 4.57. The third-order valence-electron chi connectivity index (χ3n) is 4.57. The maximum Gasteiger partial charge on any atom is 0.0991 e. The molecule has 4 nitrogen and oxygen atoms in total. The minimum absolute atomic E-state index is 0.634. The maximum atomic E-state index is 4.16. The predicted molar refractivity (Wildman–Crippen MR) is 94.7 cm³/mol. The summed E-state index contributed by atoms with van der Waals surface area (Å²) in [4.78, 5) is 6.76. The van der Waals surface area contributed by atoms with Crippen molar-refractivity contribution in [3.05, 3.63) is 48.5 Å². The van der Waals surface area contributed by atoms with Gasteiger partial charge in [-0.3, -0.25) is 0 Å². The van der Waals surface area contributed by atoms with Crippen LogP contribution in [0, 0.1) is 5.92 Å². The van der Waals surface area contributed by atoms with Crippen molar-refractivity contribution in [1.29, 1.82) is 0 Å². The molecule has 1 aromatic heterocycles. The highest BCUT2D eigenvalue weighted by atomic mass is 15.1. The van der Waals surface area contributed by atoms with Crippen molar-refractivity contribution < 1.29 is 0 Å². The zero-order chi connectivity index (χ0) is 16.1. The quantitative estimate of drug-likeness (QED) is 0.890. The number of likely N-dealkylation sites (tertiary alicyclic amines) is 1. The fourth-order valence-corrected chi connectivity index (χ4v) is 3.40. The fourth-order valence-electron chi connectivity index (χ4n) is 3.40. The van der Waals surface area contributed by atoms with E-state index in [4.69, 9.17) is 0 Å². The van der Waals surface area contributed by atoms with Gasteiger partial charge in [0.25, 0.3) is 0 Å². The summed E-state index contributed by atoms with van der Waals surface area (Å²) in [5, 5.41) is 3.75. The molecule has 124 valence electrons. The van der Waals surface area contributed by atoms with Crippen LogP contribution < -0.4 is 5.32 Å². The number of nitrogens with one attached hydrogen (secondary N) is 1. The molecule has 1 aromatic carbocycles. The van der Waals surface area contributed by atoms with E-state index in [0.717, 1.165) is 12.5 Å². The summed E-state index contributed by atoms with van der Waals surface area (Å²) in [5.41, 5.74) is 2.55. The van der Waals surface area contributed by atoms with Crippen LogP contribution in [0.2, 0.25) is 0 Å². The molecule has 0 spiro atoms. The van der Waals surface area contributed by atoms with E-state index >= 15 is 0 Å². The minimum Gasteiger partial charge on any atom is -0.310 e. The number of benzene rings is 1. The number of rotatable bonds is 6. The SMILES string of the molecule is CC(C)CN1CCC(NCc2ccccc2-n2ccnc2)CC1. The van der Waals surface area contributed by atoms with E-state index in [1.165, 1.54) is 43.7 Å². The first-order valence-corrected chi connectivity index (χ1v) is 8.74. The Kier molecular flexibility index (Phi) is 5.47. The van der Waals surface area contributed by atoms with Crippen LogP contribution in [0.15, 0.2) is 43.0 Å². The summed E-state index contributed by atoms with van der Waals surface area (Å²) < 4.78 is 2.09. The van der Waals surface area contributed by atoms with Gasteiger partial charge in [-0.15, -0.1) is 0 Å². The van der Waals surface area contributed by atoms with Gasteiger partial charge in [-0.2, -0.15) is 0 Å². The zero-order valence-electron chi connectivity index (χ0n) is 14.3. The topological polar surface area (TPSA) is 33.1 Å². The summed E-state index contributed by atoms with van der Waals surface area (Å²) in [7, 11) is 0. The summed E-state index contributed by atoms with van der Waals surface area (Å²) >= 11 is 0. The van der Waals surface area contributed by atoms with Crippen LogP contribution in [-0.4, -0.2) is 40.1 Å². The molecule has 0 amide bonds. The maximum absolute atomic E-state index is 4.16. The van der Waals surface area contributed by atoms with E-state index in [2.05, 4.69) is 57.9 Å². The Morgan fingerprint density at radius 1 is 1.22 bits per heavy atom. The van der Waals surface area contributed by atoms with Gasteiger partial charge >= 0.3 is 0 Å². The first-order valence-electron chi connectivity index (χ1n) is 8.74. The van der Waals surface area contributed by atoms with Gasteiger partial charge in [0.15, 0.2) is 0 Å². The van der Waals surface area contributed by atoms with E-state index < -0.39 is 0 Å². The van der Waals surface area contributed by atoms with Gasteiger partial charge in [-0.25, -0.2) is 4.98 Å². The van der Waals surface area contributed by atoms with Gasteiger partial charge in [0, 0.05) is 31.5 Å². The van der Waals surface area contributed by atoms with Crippen LogP contribution in [0.3, 0.4) is 0 Å². The molecule has 1 fully saturated rings. The molecule has 0 radical (unpaired) electrons. The molecule has 23 heavy (non-hydrogen) atoms. The lowest BCUT2D eigenvalue weighted by molar-refractivity contribution is 0.179. The summed E-state index contributed by atoms with van der Waals surface area (Å²) in [5.74, 6) is 0.765. The molecule has 3 rings (SSSR count). The Balaban J connectivity index is 1.54. The van der Waals surface area contributed by atoms with Crippen LogP contribution in [0.5, 0.6) is 0 Å². The van der Waals surface area contributed by atoms with Crippen LogP contribution in [0.4, 0.5) is 0 Å². The van der Waals surface area contributed by atoms with Crippen LogP contribution in [-0.2, 0) is 6.54 Å². The average Bonchev–Trinajstić information content (AvgIpc) is 3.08. The molecule has 2 aromatic rings. The van der Waals surface area contributed by atoms with E-state index in [1.54, 1.807) is 0 Å². The highest BCUT2D eigenvalue weighted by Gasteiger charge is 2.19. The van der Waals surface area contributed by atoms with Crippen molar-refractivity contribution in [3.63, 3.8) is 0 Å². The third kappa shape index (κ3) is 4.43.